The molecule has 86 valence electrons. The molecule has 0 bridgehead atoms. The Bertz CT molecular complexity index is 449. The van der Waals surface area contributed by atoms with Crippen molar-refractivity contribution >= 4 is 27.4 Å². The fourth-order valence-corrected chi connectivity index (χ4v) is 2.09. The quantitative estimate of drug-likeness (QED) is 0.785. The summed E-state index contributed by atoms with van der Waals surface area (Å²) in [6, 6.07) is 0. The third kappa shape index (κ3) is 2.16. The molecular weight excluding hydrogens is 270 g/mol. The molecule has 0 amide bonds. The molecule has 0 aromatic carbocycles. The molecule has 2 aromatic heterocycles. The Hall–Kier alpha value is -1.17. The van der Waals surface area contributed by atoms with E-state index in [9.17, 15) is 0 Å². The number of rotatable bonds is 5. The number of fused-ring (bicyclic) bond motifs is 1. The molecule has 6 heteroatoms. The molecule has 0 N–H and O–H groups in total. The predicted molar refractivity (Wildman–Crippen MR) is 67.1 cm³/mol. The number of hydrogen-bond donors (Lipinski definition) is 0. The van der Waals surface area contributed by atoms with E-state index in [1.165, 1.54) is 0 Å². The van der Waals surface area contributed by atoms with Crippen LogP contribution in [0.25, 0.3) is 5.65 Å². The monoisotopic (exact) mass is 283 g/mol. The van der Waals surface area contributed by atoms with Gasteiger partial charge in [0.05, 0.1) is 0 Å². The molecule has 0 spiro atoms. The maximum atomic E-state index is 4.40. The molecule has 0 radical (unpaired) electrons. The smallest absolute Gasteiger partial charge is 0.203 e. The van der Waals surface area contributed by atoms with Crippen molar-refractivity contribution < 1.29 is 0 Å². The number of anilines is 1. The largest absolute Gasteiger partial charge is 0.353 e. The van der Waals surface area contributed by atoms with Gasteiger partial charge >= 0.3 is 0 Å². The fraction of sp³-hybridized carbons (Fsp3) is 0.500. The Labute approximate surface area is 103 Å². The summed E-state index contributed by atoms with van der Waals surface area (Å²) < 4.78 is 1.89. The molecule has 2 rings (SSSR count). The van der Waals surface area contributed by atoms with Crippen LogP contribution >= 0.6 is 15.9 Å². The Kier molecular flexibility index (Phi) is 3.71. The molecule has 0 saturated carbocycles. The average molecular weight is 284 g/mol. The van der Waals surface area contributed by atoms with Crippen LogP contribution in [0.4, 0.5) is 5.82 Å². The molecule has 0 aliphatic carbocycles. The van der Waals surface area contributed by atoms with Gasteiger partial charge in [0.2, 0.25) is 5.65 Å². The lowest BCUT2D eigenvalue weighted by Gasteiger charge is -2.21. The molecular formula is C10H14BrN5. The van der Waals surface area contributed by atoms with Gasteiger partial charge in [-0.15, -0.1) is 10.2 Å². The Morgan fingerprint density at radius 2 is 2.31 bits per heavy atom. The summed E-state index contributed by atoms with van der Waals surface area (Å²) in [5.41, 5.74) is 0.817. The molecule has 2 aromatic rings. The summed E-state index contributed by atoms with van der Waals surface area (Å²) in [5.74, 6) is 0.904. The van der Waals surface area contributed by atoms with Crippen LogP contribution in [0.1, 0.15) is 13.3 Å². The molecule has 0 saturated heterocycles. The van der Waals surface area contributed by atoms with Crippen molar-refractivity contribution in [1.29, 1.82) is 0 Å². The highest BCUT2D eigenvalue weighted by Gasteiger charge is 2.11. The molecule has 0 aliphatic heterocycles. The number of nitrogens with zero attached hydrogens (tertiary/aromatic N) is 5. The highest BCUT2D eigenvalue weighted by atomic mass is 79.9. The fourth-order valence-electron chi connectivity index (χ4n) is 1.66. The lowest BCUT2D eigenvalue weighted by Crippen LogP contribution is -2.27. The van der Waals surface area contributed by atoms with Crippen molar-refractivity contribution in [3.05, 3.63) is 18.7 Å². The summed E-state index contributed by atoms with van der Waals surface area (Å²) >= 11 is 3.46. The maximum absolute atomic E-state index is 4.40. The van der Waals surface area contributed by atoms with E-state index in [1.807, 2.05) is 10.6 Å². The summed E-state index contributed by atoms with van der Waals surface area (Å²) in [4.78, 5) is 6.62. The van der Waals surface area contributed by atoms with Crippen LogP contribution in [-0.2, 0) is 0 Å². The summed E-state index contributed by atoms with van der Waals surface area (Å²) in [6.45, 7) is 4.06. The lowest BCUT2D eigenvalue weighted by molar-refractivity contribution is 0.782. The van der Waals surface area contributed by atoms with Gasteiger partial charge in [0.1, 0.15) is 6.33 Å². The zero-order valence-electron chi connectivity index (χ0n) is 9.17. The average Bonchev–Trinajstić information content (AvgIpc) is 2.76. The van der Waals surface area contributed by atoms with E-state index >= 15 is 0 Å². The lowest BCUT2D eigenvalue weighted by atomic mass is 10.4. The van der Waals surface area contributed by atoms with Crippen LogP contribution < -0.4 is 4.90 Å². The van der Waals surface area contributed by atoms with Crippen LogP contribution in [-0.4, -0.2) is 38.0 Å². The standard InChI is InChI=1S/C10H14BrN5/c1-2-5-15(6-3-11)9-10-14-13-8-16(10)7-4-12-9/h4,7-8H,2-3,5-6H2,1H3. The Morgan fingerprint density at radius 1 is 1.44 bits per heavy atom. The van der Waals surface area contributed by atoms with Gasteiger partial charge in [-0.25, -0.2) is 4.98 Å². The van der Waals surface area contributed by atoms with E-state index in [0.717, 1.165) is 36.3 Å². The topological polar surface area (TPSA) is 46.3 Å². The van der Waals surface area contributed by atoms with E-state index < -0.39 is 0 Å². The normalized spacial score (nSPS) is 10.9. The highest BCUT2D eigenvalue weighted by molar-refractivity contribution is 9.09. The van der Waals surface area contributed by atoms with Gasteiger partial charge in [-0.1, -0.05) is 22.9 Å². The van der Waals surface area contributed by atoms with Crippen LogP contribution in [0.2, 0.25) is 0 Å². The van der Waals surface area contributed by atoms with E-state index in [4.69, 9.17) is 0 Å². The first kappa shape index (κ1) is 11.3. The van der Waals surface area contributed by atoms with Gasteiger partial charge in [-0.2, -0.15) is 0 Å². The molecule has 0 atom stereocenters. The van der Waals surface area contributed by atoms with E-state index in [1.54, 1.807) is 12.5 Å². The van der Waals surface area contributed by atoms with E-state index in [-0.39, 0.29) is 0 Å². The molecule has 16 heavy (non-hydrogen) atoms. The minimum absolute atomic E-state index is 0.817. The van der Waals surface area contributed by atoms with E-state index in [2.05, 4.69) is 42.9 Å². The van der Waals surface area contributed by atoms with Crippen LogP contribution in [0, 0.1) is 0 Å². The number of alkyl halides is 1. The molecule has 0 aliphatic rings. The van der Waals surface area contributed by atoms with Crippen molar-refractivity contribution in [2.24, 2.45) is 0 Å². The number of hydrogen-bond acceptors (Lipinski definition) is 4. The van der Waals surface area contributed by atoms with Gasteiger partial charge in [0, 0.05) is 30.8 Å². The zero-order valence-corrected chi connectivity index (χ0v) is 10.8. The van der Waals surface area contributed by atoms with Crippen molar-refractivity contribution in [2.75, 3.05) is 23.3 Å². The van der Waals surface area contributed by atoms with Crippen LogP contribution in [0.3, 0.4) is 0 Å². The first-order valence-electron chi connectivity index (χ1n) is 5.32. The summed E-state index contributed by atoms with van der Waals surface area (Å²) in [7, 11) is 0. The van der Waals surface area contributed by atoms with Crippen molar-refractivity contribution in [3.8, 4) is 0 Å². The van der Waals surface area contributed by atoms with E-state index in [0.29, 0.717) is 0 Å². The third-order valence-electron chi connectivity index (χ3n) is 2.34. The predicted octanol–water partition coefficient (Wildman–Crippen LogP) is 1.74. The van der Waals surface area contributed by atoms with Crippen molar-refractivity contribution in [1.82, 2.24) is 19.6 Å². The molecule has 2 heterocycles. The van der Waals surface area contributed by atoms with Crippen molar-refractivity contribution in [2.45, 2.75) is 13.3 Å². The first-order chi connectivity index (χ1) is 7.86. The van der Waals surface area contributed by atoms with Gasteiger partial charge in [-0.3, -0.25) is 4.40 Å². The SMILES string of the molecule is CCCN(CCBr)c1nccn2cnnc12. The summed E-state index contributed by atoms with van der Waals surface area (Å²) in [6.07, 6.45) is 6.42. The van der Waals surface area contributed by atoms with Crippen LogP contribution in [0.5, 0.6) is 0 Å². The minimum Gasteiger partial charge on any atom is -0.353 e. The van der Waals surface area contributed by atoms with Crippen LogP contribution in [0.15, 0.2) is 18.7 Å². The number of halogens is 1. The van der Waals surface area contributed by atoms with Gasteiger partial charge in [0.15, 0.2) is 5.82 Å². The highest BCUT2D eigenvalue weighted by Crippen LogP contribution is 2.16. The third-order valence-corrected chi connectivity index (χ3v) is 2.70. The Morgan fingerprint density at radius 3 is 3.06 bits per heavy atom. The van der Waals surface area contributed by atoms with Gasteiger partial charge < -0.3 is 4.90 Å². The Balaban J connectivity index is 2.38. The molecule has 0 unspecified atom stereocenters. The second-order valence-electron chi connectivity index (χ2n) is 3.49. The first-order valence-corrected chi connectivity index (χ1v) is 6.44. The maximum Gasteiger partial charge on any atom is 0.203 e. The zero-order chi connectivity index (χ0) is 11.4. The van der Waals surface area contributed by atoms with Gasteiger partial charge in [-0.05, 0) is 6.42 Å². The molecule has 5 nitrogen and oxygen atoms in total. The van der Waals surface area contributed by atoms with Gasteiger partial charge in [0.25, 0.3) is 0 Å². The summed E-state index contributed by atoms with van der Waals surface area (Å²) in [5, 5.41) is 8.92. The van der Waals surface area contributed by atoms with Crippen molar-refractivity contribution in [3.63, 3.8) is 0 Å². The second-order valence-corrected chi connectivity index (χ2v) is 4.28. The minimum atomic E-state index is 0.817. The number of aromatic nitrogens is 4. The second kappa shape index (κ2) is 5.25. The molecule has 0 fully saturated rings.